The van der Waals surface area contributed by atoms with E-state index in [4.69, 9.17) is 9.47 Å². The van der Waals surface area contributed by atoms with Crippen LogP contribution in [0.25, 0.3) is 0 Å². The molecule has 0 amide bonds. The topological polar surface area (TPSA) is 50.7 Å². The normalized spacial score (nSPS) is 13.0. The molecular weight excluding hydrogens is 302 g/mol. The number of rotatable bonds is 13. The third-order valence-electron chi connectivity index (χ3n) is 4.37. The minimum Gasteiger partial charge on any atom is -0.491 e. The fourth-order valence-corrected chi connectivity index (χ4v) is 2.44. The van der Waals surface area contributed by atoms with E-state index >= 15 is 0 Å². The molecule has 0 bridgehead atoms. The average Bonchev–Trinajstić information content (AvgIpc) is 2.58. The average molecular weight is 338 g/mol. The van der Waals surface area contributed by atoms with Crippen LogP contribution in [0.5, 0.6) is 5.75 Å². The minimum absolute atomic E-state index is 0.284. The second-order valence-corrected chi connectivity index (χ2v) is 6.92. The van der Waals surface area contributed by atoms with Gasteiger partial charge in [0.25, 0.3) is 0 Å². The zero-order chi connectivity index (χ0) is 17.8. The van der Waals surface area contributed by atoms with Crippen LogP contribution in [0.2, 0.25) is 0 Å². The van der Waals surface area contributed by atoms with Gasteiger partial charge in [0.1, 0.15) is 18.5 Å². The molecule has 0 saturated carbocycles. The Morgan fingerprint density at radius 1 is 1.12 bits per heavy atom. The molecule has 0 heterocycles. The standard InChI is InChI=1S/C20H35NO3/c1-5-6-7-8-14-21-20(2,3)19(22)16-24-18-11-9-17(10-12-18)13-15-23-4/h9-12,19,21-22H,5-8,13-16H2,1-4H3. The van der Waals surface area contributed by atoms with Crippen molar-refractivity contribution in [2.45, 2.75) is 64.5 Å². The molecule has 0 radical (unpaired) electrons. The van der Waals surface area contributed by atoms with Crippen molar-refractivity contribution in [1.29, 1.82) is 0 Å². The monoisotopic (exact) mass is 337 g/mol. The van der Waals surface area contributed by atoms with Crippen LogP contribution in [-0.4, -0.2) is 43.6 Å². The predicted octanol–water partition coefficient (Wildman–Crippen LogP) is 3.56. The van der Waals surface area contributed by atoms with Gasteiger partial charge in [-0.05, 0) is 50.9 Å². The van der Waals surface area contributed by atoms with Gasteiger partial charge in [-0.3, -0.25) is 0 Å². The van der Waals surface area contributed by atoms with E-state index < -0.39 is 6.10 Å². The number of aliphatic hydroxyl groups excluding tert-OH is 1. The summed E-state index contributed by atoms with van der Waals surface area (Å²) in [6.07, 6.45) is 5.24. The van der Waals surface area contributed by atoms with Crippen molar-refractivity contribution >= 4 is 0 Å². The second-order valence-electron chi connectivity index (χ2n) is 6.92. The maximum Gasteiger partial charge on any atom is 0.119 e. The first-order valence-corrected chi connectivity index (χ1v) is 9.13. The van der Waals surface area contributed by atoms with E-state index in [0.29, 0.717) is 0 Å². The van der Waals surface area contributed by atoms with Gasteiger partial charge < -0.3 is 19.9 Å². The van der Waals surface area contributed by atoms with Gasteiger partial charge in [0, 0.05) is 12.6 Å². The van der Waals surface area contributed by atoms with Crippen molar-refractivity contribution in [2.75, 3.05) is 26.9 Å². The number of hydrogen-bond donors (Lipinski definition) is 2. The van der Waals surface area contributed by atoms with E-state index in [1.165, 1.54) is 24.8 Å². The maximum absolute atomic E-state index is 10.4. The lowest BCUT2D eigenvalue weighted by molar-refractivity contribution is 0.0372. The van der Waals surface area contributed by atoms with Crippen molar-refractivity contribution < 1.29 is 14.6 Å². The Bertz CT molecular complexity index is 431. The van der Waals surface area contributed by atoms with Gasteiger partial charge in [-0.1, -0.05) is 38.3 Å². The van der Waals surface area contributed by atoms with Gasteiger partial charge in [-0.2, -0.15) is 0 Å². The SMILES string of the molecule is CCCCCCNC(C)(C)C(O)COc1ccc(CCOC)cc1. The fraction of sp³-hybridized carbons (Fsp3) is 0.700. The van der Waals surface area contributed by atoms with E-state index in [0.717, 1.165) is 31.7 Å². The first-order valence-electron chi connectivity index (χ1n) is 9.13. The lowest BCUT2D eigenvalue weighted by Gasteiger charge is -2.31. The summed E-state index contributed by atoms with van der Waals surface area (Å²) in [7, 11) is 1.71. The smallest absolute Gasteiger partial charge is 0.119 e. The van der Waals surface area contributed by atoms with Gasteiger partial charge in [0.05, 0.1) is 6.61 Å². The first-order chi connectivity index (χ1) is 11.5. The Balaban J connectivity index is 2.33. The zero-order valence-electron chi connectivity index (χ0n) is 15.8. The highest BCUT2D eigenvalue weighted by atomic mass is 16.5. The molecule has 2 N–H and O–H groups in total. The van der Waals surface area contributed by atoms with Gasteiger partial charge in [-0.25, -0.2) is 0 Å². The molecule has 0 saturated heterocycles. The zero-order valence-corrected chi connectivity index (χ0v) is 15.8. The molecule has 0 aliphatic rings. The van der Waals surface area contributed by atoms with Crippen LogP contribution in [0.4, 0.5) is 0 Å². The van der Waals surface area contributed by atoms with Crippen LogP contribution in [-0.2, 0) is 11.2 Å². The number of unbranched alkanes of at least 4 members (excludes halogenated alkanes) is 3. The molecular formula is C20H35NO3. The molecule has 1 aromatic carbocycles. The molecule has 24 heavy (non-hydrogen) atoms. The van der Waals surface area contributed by atoms with E-state index in [-0.39, 0.29) is 12.1 Å². The molecule has 4 heteroatoms. The van der Waals surface area contributed by atoms with Crippen LogP contribution >= 0.6 is 0 Å². The van der Waals surface area contributed by atoms with Crippen molar-refractivity contribution in [1.82, 2.24) is 5.32 Å². The van der Waals surface area contributed by atoms with Crippen LogP contribution in [0, 0.1) is 0 Å². The Labute approximate surface area is 147 Å². The Morgan fingerprint density at radius 2 is 1.83 bits per heavy atom. The van der Waals surface area contributed by atoms with Crippen molar-refractivity contribution in [2.24, 2.45) is 0 Å². The number of ether oxygens (including phenoxy) is 2. The second kappa shape index (κ2) is 11.5. The maximum atomic E-state index is 10.4. The van der Waals surface area contributed by atoms with E-state index in [1.54, 1.807) is 7.11 Å². The van der Waals surface area contributed by atoms with Crippen molar-refractivity contribution in [3.63, 3.8) is 0 Å². The summed E-state index contributed by atoms with van der Waals surface area (Å²) in [5.41, 5.74) is 0.865. The highest BCUT2D eigenvalue weighted by Gasteiger charge is 2.27. The molecule has 1 unspecified atom stereocenters. The fourth-order valence-electron chi connectivity index (χ4n) is 2.44. The quantitative estimate of drug-likeness (QED) is 0.540. The largest absolute Gasteiger partial charge is 0.491 e. The summed E-state index contributed by atoms with van der Waals surface area (Å²) in [6.45, 7) is 8.19. The van der Waals surface area contributed by atoms with Crippen LogP contribution < -0.4 is 10.1 Å². The molecule has 0 aromatic heterocycles. The number of methoxy groups -OCH3 is 1. The van der Waals surface area contributed by atoms with E-state index in [9.17, 15) is 5.11 Å². The summed E-state index contributed by atoms with van der Waals surface area (Å²) in [5.74, 6) is 0.786. The van der Waals surface area contributed by atoms with Gasteiger partial charge >= 0.3 is 0 Å². The molecule has 138 valence electrons. The van der Waals surface area contributed by atoms with Gasteiger partial charge in [0.2, 0.25) is 0 Å². The van der Waals surface area contributed by atoms with Crippen molar-refractivity contribution in [3.05, 3.63) is 29.8 Å². The number of hydrogen-bond acceptors (Lipinski definition) is 4. The summed E-state index contributed by atoms with van der Waals surface area (Å²) >= 11 is 0. The number of benzene rings is 1. The lowest BCUT2D eigenvalue weighted by Crippen LogP contribution is -2.52. The third-order valence-corrected chi connectivity index (χ3v) is 4.37. The number of aliphatic hydroxyl groups is 1. The Hall–Kier alpha value is -1.10. The first kappa shape index (κ1) is 20.9. The molecule has 0 fully saturated rings. The molecule has 0 spiro atoms. The Kier molecular flexibility index (Phi) is 9.99. The van der Waals surface area contributed by atoms with Gasteiger partial charge in [0.15, 0.2) is 0 Å². The Morgan fingerprint density at radius 3 is 2.46 bits per heavy atom. The number of nitrogens with one attached hydrogen (secondary N) is 1. The van der Waals surface area contributed by atoms with Crippen LogP contribution in [0.3, 0.4) is 0 Å². The molecule has 1 rings (SSSR count). The van der Waals surface area contributed by atoms with Crippen LogP contribution in [0.15, 0.2) is 24.3 Å². The highest BCUT2D eigenvalue weighted by molar-refractivity contribution is 5.27. The lowest BCUT2D eigenvalue weighted by atomic mass is 9.97. The molecule has 0 aliphatic carbocycles. The summed E-state index contributed by atoms with van der Waals surface area (Å²) in [6, 6.07) is 7.97. The summed E-state index contributed by atoms with van der Waals surface area (Å²) in [5, 5.41) is 13.9. The summed E-state index contributed by atoms with van der Waals surface area (Å²) in [4.78, 5) is 0. The predicted molar refractivity (Wildman–Crippen MR) is 99.7 cm³/mol. The van der Waals surface area contributed by atoms with E-state index in [2.05, 4.69) is 12.2 Å². The minimum atomic E-state index is -0.558. The van der Waals surface area contributed by atoms with E-state index in [1.807, 2.05) is 38.1 Å². The van der Waals surface area contributed by atoms with Crippen LogP contribution in [0.1, 0.15) is 52.0 Å². The molecule has 0 aliphatic heterocycles. The molecule has 1 atom stereocenters. The van der Waals surface area contributed by atoms with Gasteiger partial charge in [-0.15, -0.1) is 0 Å². The molecule has 4 nitrogen and oxygen atoms in total. The van der Waals surface area contributed by atoms with Crippen molar-refractivity contribution in [3.8, 4) is 5.75 Å². The third kappa shape index (κ3) is 8.13. The highest BCUT2D eigenvalue weighted by Crippen LogP contribution is 2.16. The molecule has 1 aromatic rings. The summed E-state index contributed by atoms with van der Waals surface area (Å²) < 4.78 is 10.8.